The third kappa shape index (κ3) is 9.44. The van der Waals surface area contributed by atoms with Gasteiger partial charge in [0.25, 0.3) is 5.91 Å². The Labute approximate surface area is 144 Å². The van der Waals surface area contributed by atoms with Crippen LogP contribution < -0.4 is 27.5 Å². The maximum atomic E-state index is 12.2. The van der Waals surface area contributed by atoms with Gasteiger partial charge in [0.1, 0.15) is 12.1 Å². The normalized spacial score (nSPS) is 15.6. The number of nitrogens with one attached hydrogen (secondary N) is 3. The number of aliphatic hydroxyl groups is 1. The van der Waals surface area contributed by atoms with Crippen LogP contribution >= 0.6 is 0 Å². The highest BCUT2D eigenvalue weighted by Crippen LogP contribution is 1.96. The first-order valence-electron chi connectivity index (χ1n) is 7.47. The van der Waals surface area contributed by atoms with Gasteiger partial charge in [-0.05, 0) is 13.8 Å². The van der Waals surface area contributed by atoms with Gasteiger partial charge in [0.15, 0.2) is 0 Å². The molecule has 0 aromatic carbocycles. The van der Waals surface area contributed by atoms with E-state index in [4.69, 9.17) is 16.6 Å². The number of carbonyl (C=O) groups is 4. The van der Waals surface area contributed by atoms with Gasteiger partial charge < -0.3 is 32.3 Å². The number of amides is 4. The molecule has 0 saturated carbocycles. The summed E-state index contributed by atoms with van der Waals surface area (Å²) in [5.41, 5.74) is 13.1. The lowest BCUT2D eigenvalue weighted by Crippen LogP contribution is -2.57. The summed E-state index contributed by atoms with van der Waals surface area (Å²) in [4.78, 5) is 45.7. The van der Waals surface area contributed by atoms with E-state index in [-0.39, 0.29) is 6.54 Å². The number of primary amides is 1. The van der Waals surface area contributed by atoms with Gasteiger partial charge in [-0.25, -0.2) is 9.80 Å². The Hall–Kier alpha value is -2.44. The lowest BCUT2D eigenvalue weighted by Gasteiger charge is -2.26. The van der Waals surface area contributed by atoms with Gasteiger partial charge in [-0.3, -0.25) is 19.8 Å². The van der Waals surface area contributed by atoms with E-state index in [1.54, 1.807) is 0 Å². The van der Waals surface area contributed by atoms with Crippen molar-refractivity contribution in [2.75, 3.05) is 13.6 Å². The smallest absolute Gasteiger partial charge is 0.325 e. The average molecular weight is 362 g/mol. The molecule has 0 saturated heterocycles. The number of urea groups is 1. The Balaban J connectivity index is 4.78. The van der Waals surface area contributed by atoms with E-state index in [0.29, 0.717) is 0 Å². The van der Waals surface area contributed by atoms with Crippen LogP contribution in [-0.2, 0) is 14.4 Å². The molecule has 0 aromatic heterocycles. The number of hydrogen-bond acceptors (Lipinski definition) is 7. The van der Waals surface area contributed by atoms with Crippen molar-refractivity contribution in [3.8, 4) is 0 Å². The molecule has 0 radical (unpaired) electrons. The van der Waals surface area contributed by atoms with E-state index >= 15 is 0 Å². The topological polar surface area (TPSA) is 200 Å². The molecule has 0 spiro atoms. The van der Waals surface area contributed by atoms with Crippen molar-refractivity contribution in [3.63, 3.8) is 0 Å². The second-order valence-electron chi connectivity index (χ2n) is 5.66. The summed E-state index contributed by atoms with van der Waals surface area (Å²) in [7, 11) is 1.48. The highest BCUT2D eigenvalue weighted by Gasteiger charge is 2.25. The number of hydrogen-bond donors (Lipinski definition) is 7. The maximum Gasteiger partial charge on any atom is 0.325 e. The number of rotatable bonds is 10. The molecule has 12 nitrogen and oxygen atoms in total. The third-order valence-electron chi connectivity index (χ3n) is 3.15. The van der Waals surface area contributed by atoms with Gasteiger partial charge in [-0.2, -0.15) is 0 Å². The summed E-state index contributed by atoms with van der Waals surface area (Å²) < 4.78 is 0. The molecular formula is C13H26N6O6. The van der Waals surface area contributed by atoms with E-state index < -0.39 is 54.5 Å². The second-order valence-corrected chi connectivity index (χ2v) is 5.66. The fourth-order valence-electron chi connectivity index (χ4n) is 1.65. The monoisotopic (exact) mass is 362 g/mol. The number of carboxylic acid groups (broad SMARTS) is 1. The highest BCUT2D eigenvalue weighted by molar-refractivity contribution is 5.91. The summed E-state index contributed by atoms with van der Waals surface area (Å²) >= 11 is 0. The van der Waals surface area contributed by atoms with Crippen LogP contribution in [0.5, 0.6) is 0 Å². The van der Waals surface area contributed by atoms with Crippen LogP contribution in [0.15, 0.2) is 0 Å². The number of nitrogens with zero attached hydrogens (tertiary/aromatic N) is 1. The van der Waals surface area contributed by atoms with E-state index in [9.17, 15) is 24.3 Å². The molecule has 0 fully saturated rings. The van der Waals surface area contributed by atoms with Gasteiger partial charge in [0, 0.05) is 19.6 Å². The van der Waals surface area contributed by atoms with Gasteiger partial charge in [-0.1, -0.05) is 0 Å². The molecule has 0 aliphatic heterocycles. The number of aliphatic carboxylic acids is 1. The Bertz CT molecular complexity index is 499. The first-order valence-corrected chi connectivity index (χ1v) is 7.47. The molecule has 0 rings (SSSR count). The van der Waals surface area contributed by atoms with Crippen LogP contribution in [-0.4, -0.2) is 76.9 Å². The summed E-state index contributed by atoms with van der Waals surface area (Å²) in [6.07, 6.45) is -1.29. The Morgan fingerprint density at radius 1 is 1.16 bits per heavy atom. The zero-order valence-corrected chi connectivity index (χ0v) is 14.4. The SMILES string of the molecule is CC(O)[C@H](N)CN(C)NC(=O)[C@H](CC(N)=O)NC(=O)N[C@@H](C)C(=O)O. The number of likely N-dealkylation sites (N-methyl/N-ethyl adjacent to an activating group) is 1. The lowest BCUT2D eigenvalue weighted by molar-refractivity contribution is -0.138. The Morgan fingerprint density at radius 2 is 1.72 bits per heavy atom. The number of aliphatic hydroxyl groups excluding tert-OH is 1. The largest absolute Gasteiger partial charge is 0.480 e. The predicted octanol–water partition coefficient (Wildman–Crippen LogP) is -3.33. The molecule has 144 valence electrons. The van der Waals surface area contributed by atoms with E-state index in [1.165, 1.54) is 25.9 Å². The highest BCUT2D eigenvalue weighted by atomic mass is 16.4. The average Bonchev–Trinajstić information content (AvgIpc) is 2.45. The zero-order valence-electron chi connectivity index (χ0n) is 14.4. The second kappa shape index (κ2) is 10.4. The van der Waals surface area contributed by atoms with Crippen molar-refractivity contribution in [2.45, 2.75) is 44.5 Å². The van der Waals surface area contributed by atoms with Crippen molar-refractivity contribution >= 4 is 23.8 Å². The van der Waals surface area contributed by atoms with Gasteiger partial charge >= 0.3 is 12.0 Å². The number of carbonyl (C=O) groups excluding carboxylic acids is 3. The van der Waals surface area contributed by atoms with Crippen LogP contribution in [0.25, 0.3) is 0 Å². The van der Waals surface area contributed by atoms with E-state index in [0.717, 1.165) is 0 Å². The summed E-state index contributed by atoms with van der Waals surface area (Å²) in [5.74, 6) is -2.86. The summed E-state index contributed by atoms with van der Waals surface area (Å²) in [6, 6.07) is -4.08. The number of hydrazine groups is 1. The van der Waals surface area contributed by atoms with Crippen LogP contribution in [0.1, 0.15) is 20.3 Å². The van der Waals surface area contributed by atoms with Crippen molar-refractivity contribution in [1.29, 1.82) is 0 Å². The van der Waals surface area contributed by atoms with Crippen LogP contribution in [0, 0.1) is 0 Å². The van der Waals surface area contributed by atoms with Crippen molar-refractivity contribution in [1.82, 2.24) is 21.1 Å². The number of carboxylic acids is 1. The minimum atomic E-state index is -1.32. The molecular weight excluding hydrogens is 336 g/mol. The molecule has 25 heavy (non-hydrogen) atoms. The van der Waals surface area contributed by atoms with Crippen molar-refractivity contribution < 1.29 is 29.4 Å². The summed E-state index contributed by atoms with van der Waals surface area (Å²) in [6.45, 7) is 2.83. The third-order valence-corrected chi connectivity index (χ3v) is 3.15. The van der Waals surface area contributed by atoms with E-state index in [2.05, 4.69) is 16.1 Å². The zero-order chi connectivity index (χ0) is 19.7. The molecule has 4 amide bonds. The van der Waals surface area contributed by atoms with Crippen LogP contribution in [0.2, 0.25) is 0 Å². The van der Waals surface area contributed by atoms with E-state index in [1.807, 2.05) is 0 Å². The Morgan fingerprint density at radius 3 is 2.16 bits per heavy atom. The molecule has 0 aliphatic rings. The van der Waals surface area contributed by atoms with Crippen LogP contribution in [0.4, 0.5) is 4.79 Å². The molecule has 4 atom stereocenters. The maximum absolute atomic E-state index is 12.2. The number of nitrogens with two attached hydrogens (primary N) is 2. The summed E-state index contributed by atoms with van der Waals surface area (Å²) in [5, 5.41) is 23.6. The molecule has 0 aromatic rings. The molecule has 0 bridgehead atoms. The predicted molar refractivity (Wildman–Crippen MR) is 86.8 cm³/mol. The molecule has 0 aliphatic carbocycles. The first-order chi connectivity index (χ1) is 11.4. The molecule has 1 unspecified atom stereocenters. The van der Waals surface area contributed by atoms with Gasteiger partial charge in [-0.15, -0.1) is 0 Å². The van der Waals surface area contributed by atoms with Crippen molar-refractivity contribution in [2.24, 2.45) is 11.5 Å². The fourth-order valence-corrected chi connectivity index (χ4v) is 1.65. The lowest BCUT2D eigenvalue weighted by atomic mass is 10.2. The first kappa shape index (κ1) is 22.6. The standard InChI is InChI=1S/C13H26N6O6/c1-6(12(23)24)16-13(25)17-9(4-10(15)21)11(22)18-19(3)5-8(14)7(2)20/h6-9,20H,4-5,14H2,1-3H3,(H2,15,21)(H,18,22)(H,23,24)(H2,16,17,25)/t6-,7?,8+,9-/m0/s1. The fraction of sp³-hybridized carbons (Fsp3) is 0.692. The molecule has 12 heteroatoms. The van der Waals surface area contributed by atoms with Gasteiger partial charge in [0.05, 0.1) is 12.5 Å². The molecule has 9 N–H and O–H groups in total. The molecule has 0 heterocycles. The quantitative estimate of drug-likeness (QED) is 0.196. The van der Waals surface area contributed by atoms with Crippen molar-refractivity contribution in [3.05, 3.63) is 0 Å². The van der Waals surface area contributed by atoms with Crippen LogP contribution in [0.3, 0.4) is 0 Å². The Kier molecular flexibility index (Phi) is 9.41. The minimum absolute atomic E-state index is 0.106. The minimum Gasteiger partial charge on any atom is -0.480 e. The van der Waals surface area contributed by atoms with Gasteiger partial charge in [0.2, 0.25) is 5.91 Å².